The summed E-state index contributed by atoms with van der Waals surface area (Å²) in [6, 6.07) is 10.3. The Bertz CT molecular complexity index is 700. The average molecular weight is 355 g/mol. The second kappa shape index (κ2) is 9.17. The van der Waals surface area contributed by atoms with E-state index in [1.807, 2.05) is 18.2 Å². The van der Waals surface area contributed by atoms with E-state index in [4.69, 9.17) is 9.47 Å². The zero-order valence-electron chi connectivity index (χ0n) is 15.1. The minimum atomic E-state index is 0.0815. The third-order valence-electron chi connectivity index (χ3n) is 4.63. The molecule has 0 atom stereocenters. The summed E-state index contributed by atoms with van der Waals surface area (Å²) < 4.78 is 11.1. The fourth-order valence-corrected chi connectivity index (χ4v) is 3.22. The van der Waals surface area contributed by atoms with Gasteiger partial charge in [-0.25, -0.2) is 9.97 Å². The number of hydrogen-bond donors (Lipinski definition) is 1. The molecule has 2 aromatic rings. The molecule has 138 valence electrons. The average Bonchev–Trinajstić information content (AvgIpc) is 2.69. The van der Waals surface area contributed by atoms with Gasteiger partial charge < -0.3 is 14.8 Å². The van der Waals surface area contributed by atoms with E-state index in [9.17, 15) is 4.79 Å². The van der Waals surface area contributed by atoms with Crippen LogP contribution in [0.4, 0.5) is 0 Å². The first-order chi connectivity index (χ1) is 12.7. The molecule has 0 aliphatic heterocycles. The van der Waals surface area contributed by atoms with Crippen LogP contribution in [0.2, 0.25) is 0 Å². The first-order valence-electron chi connectivity index (χ1n) is 9.09. The molecule has 1 amide bonds. The Balaban J connectivity index is 1.40. The van der Waals surface area contributed by atoms with Crippen LogP contribution in [0, 0.1) is 0 Å². The summed E-state index contributed by atoms with van der Waals surface area (Å²) in [5.41, 5.74) is 1.19. The fourth-order valence-electron chi connectivity index (χ4n) is 3.22. The summed E-state index contributed by atoms with van der Waals surface area (Å²) in [5.74, 6) is 0.961. The lowest BCUT2D eigenvalue weighted by Crippen LogP contribution is -2.39. The number of methoxy groups -OCH3 is 1. The van der Waals surface area contributed by atoms with Gasteiger partial charge in [-0.2, -0.15) is 0 Å². The number of carbonyl (C=O) groups excluding carboxylic acids is 1. The summed E-state index contributed by atoms with van der Waals surface area (Å²) in [7, 11) is 1.55. The minimum absolute atomic E-state index is 0.0815. The SMILES string of the molecule is COc1nccnc1OC1CCC(NC(=O)CCc2ccccc2)CC1. The molecular formula is C20H25N3O3. The van der Waals surface area contributed by atoms with Gasteiger partial charge in [0.1, 0.15) is 6.10 Å². The Labute approximate surface area is 154 Å². The van der Waals surface area contributed by atoms with E-state index in [-0.39, 0.29) is 18.1 Å². The number of rotatable bonds is 7. The number of benzene rings is 1. The minimum Gasteiger partial charge on any atom is -0.477 e. The highest BCUT2D eigenvalue weighted by Gasteiger charge is 2.25. The highest BCUT2D eigenvalue weighted by atomic mass is 16.5. The molecule has 3 rings (SSSR count). The summed E-state index contributed by atoms with van der Waals surface area (Å²) >= 11 is 0. The lowest BCUT2D eigenvalue weighted by molar-refractivity contribution is -0.122. The van der Waals surface area contributed by atoms with Crippen LogP contribution in [0.5, 0.6) is 11.8 Å². The van der Waals surface area contributed by atoms with Crippen molar-refractivity contribution in [1.82, 2.24) is 15.3 Å². The number of nitrogens with zero attached hydrogens (tertiary/aromatic N) is 2. The highest BCUT2D eigenvalue weighted by molar-refractivity contribution is 5.76. The van der Waals surface area contributed by atoms with Gasteiger partial charge in [0, 0.05) is 24.9 Å². The van der Waals surface area contributed by atoms with Gasteiger partial charge in [-0.3, -0.25) is 4.79 Å². The van der Waals surface area contributed by atoms with Gasteiger partial charge in [0.05, 0.1) is 7.11 Å². The van der Waals surface area contributed by atoms with Crippen molar-refractivity contribution >= 4 is 5.91 Å². The molecule has 0 spiro atoms. The molecule has 26 heavy (non-hydrogen) atoms. The van der Waals surface area contributed by atoms with Crippen molar-refractivity contribution < 1.29 is 14.3 Å². The zero-order valence-corrected chi connectivity index (χ0v) is 15.1. The lowest BCUT2D eigenvalue weighted by atomic mass is 9.92. The molecule has 6 heteroatoms. The third kappa shape index (κ3) is 5.18. The van der Waals surface area contributed by atoms with Gasteiger partial charge >= 0.3 is 0 Å². The number of ether oxygens (including phenoxy) is 2. The monoisotopic (exact) mass is 355 g/mol. The number of nitrogens with one attached hydrogen (secondary N) is 1. The first-order valence-corrected chi connectivity index (χ1v) is 9.09. The predicted molar refractivity (Wildman–Crippen MR) is 98.2 cm³/mol. The van der Waals surface area contributed by atoms with Crippen molar-refractivity contribution in [2.24, 2.45) is 0 Å². The third-order valence-corrected chi connectivity index (χ3v) is 4.63. The van der Waals surface area contributed by atoms with Crippen LogP contribution in [-0.4, -0.2) is 35.1 Å². The van der Waals surface area contributed by atoms with Crippen molar-refractivity contribution in [3.63, 3.8) is 0 Å². The molecule has 1 heterocycles. The number of hydrogen-bond acceptors (Lipinski definition) is 5. The molecule has 1 aromatic heterocycles. The predicted octanol–water partition coefficient (Wildman–Crippen LogP) is 2.92. The second-order valence-electron chi connectivity index (χ2n) is 6.52. The summed E-state index contributed by atoms with van der Waals surface area (Å²) in [6.45, 7) is 0. The van der Waals surface area contributed by atoms with E-state index in [1.165, 1.54) is 5.56 Å². The van der Waals surface area contributed by atoms with E-state index in [0.29, 0.717) is 18.2 Å². The van der Waals surface area contributed by atoms with Crippen molar-refractivity contribution in [2.45, 2.75) is 50.7 Å². The fraction of sp³-hybridized carbons (Fsp3) is 0.450. The van der Waals surface area contributed by atoms with Crippen molar-refractivity contribution in [2.75, 3.05) is 7.11 Å². The molecule has 1 fully saturated rings. The second-order valence-corrected chi connectivity index (χ2v) is 6.52. The smallest absolute Gasteiger partial charge is 0.278 e. The molecule has 6 nitrogen and oxygen atoms in total. The normalized spacial score (nSPS) is 19.6. The molecule has 0 radical (unpaired) electrons. The van der Waals surface area contributed by atoms with E-state index in [2.05, 4.69) is 27.4 Å². The molecule has 0 unspecified atom stereocenters. The Hall–Kier alpha value is -2.63. The maximum atomic E-state index is 12.2. The Morgan fingerprint density at radius 1 is 1.08 bits per heavy atom. The van der Waals surface area contributed by atoms with Gasteiger partial charge in [-0.15, -0.1) is 0 Å². The van der Waals surface area contributed by atoms with Gasteiger partial charge in [-0.1, -0.05) is 30.3 Å². The first kappa shape index (κ1) is 18.2. The van der Waals surface area contributed by atoms with Gasteiger partial charge in [0.2, 0.25) is 5.91 Å². The molecule has 1 N–H and O–H groups in total. The summed E-state index contributed by atoms with van der Waals surface area (Å²) in [6.07, 6.45) is 8.12. The molecule has 0 bridgehead atoms. The van der Waals surface area contributed by atoms with Crippen LogP contribution >= 0.6 is 0 Å². The van der Waals surface area contributed by atoms with Crippen LogP contribution in [0.1, 0.15) is 37.7 Å². The van der Waals surface area contributed by atoms with E-state index < -0.39 is 0 Å². The molecule has 1 aromatic carbocycles. The van der Waals surface area contributed by atoms with Crippen LogP contribution in [-0.2, 0) is 11.2 Å². The number of carbonyl (C=O) groups is 1. The standard InChI is InChI=1S/C20H25N3O3/c1-25-19-20(22-14-13-21-19)26-17-10-8-16(9-11-17)23-18(24)12-7-15-5-3-2-4-6-15/h2-6,13-14,16-17H,7-12H2,1H3,(H,23,24). The van der Waals surface area contributed by atoms with Crippen molar-refractivity contribution in [3.8, 4) is 11.8 Å². The molecule has 1 aliphatic carbocycles. The van der Waals surface area contributed by atoms with Gasteiger partial charge in [-0.05, 0) is 37.7 Å². The molecular weight excluding hydrogens is 330 g/mol. The maximum Gasteiger partial charge on any atom is 0.278 e. The topological polar surface area (TPSA) is 73.3 Å². The van der Waals surface area contributed by atoms with Gasteiger partial charge in [0.25, 0.3) is 11.8 Å². The van der Waals surface area contributed by atoms with Crippen LogP contribution in [0.25, 0.3) is 0 Å². The van der Waals surface area contributed by atoms with Crippen molar-refractivity contribution in [1.29, 1.82) is 0 Å². The Kier molecular flexibility index (Phi) is 6.41. The highest BCUT2D eigenvalue weighted by Crippen LogP contribution is 2.27. The lowest BCUT2D eigenvalue weighted by Gasteiger charge is -2.29. The van der Waals surface area contributed by atoms with Gasteiger partial charge in [0.15, 0.2) is 0 Å². The van der Waals surface area contributed by atoms with E-state index >= 15 is 0 Å². The number of aromatic nitrogens is 2. The van der Waals surface area contributed by atoms with Crippen molar-refractivity contribution in [3.05, 3.63) is 48.3 Å². The summed E-state index contributed by atoms with van der Waals surface area (Å²) in [4.78, 5) is 20.4. The summed E-state index contributed by atoms with van der Waals surface area (Å²) in [5, 5.41) is 3.15. The molecule has 1 saturated carbocycles. The largest absolute Gasteiger partial charge is 0.477 e. The van der Waals surface area contributed by atoms with Crippen LogP contribution in [0.3, 0.4) is 0 Å². The van der Waals surface area contributed by atoms with E-state index in [0.717, 1.165) is 32.1 Å². The molecule has 1 aliphatic rings. The number of aryl methyl sites for hydroxylation is 1. The number of amides is 1. The zero-order chi connectivity index (χ0) is 18.2. The Morgan fingerprint density at radius 2 is 1.77 bits per heavy atom. The molecule has 0 saturated heterocycles. The quantitative estimate of drug-likeness (QED) is 0.827. The van der Waals surface area contributed by atoms with Crippen LogP contribution in [0.15, 0.2) is 42.7 Å². The Morgan fingerprint density at radius 3 is 2.46 bits per heavy atom. The maximum absolute atomic E-state index is 12.2. The van der Waals surface area contributed by atoms with Crippen LogP contribution < -0.4 is 14.8 Å². The van der Waals surface area contributed by atoms with E-state index in [1.54, 1.807) is 19.5 Å².